The Kier molecular flexibility index (Phi) is 23.5. The van der Waals surface area contributed by atoms with Gasteiger partial charge < -0.3 is 30.9 Å². The van der Waals surface area contributed by atoms with Gasteiger partial charge in [0.2, 0.25) is 0 Å². The van der Waals surface area contributed by atoms with Crippen molar-refractivity contribution >= 4 is 5.97 Å². The quantitative estimate of drug-likeness (QED) is 0.177. The van der Waals surface area contributed by atoms with Crippen LogP contribution in [0, 0.1) is 0 Å². The highest BCUT2D eigenvalue weighted by Gasteiger charge is 2.37. The zero-order valence-electron chi connectivity index (χ0n) is 20.4. The van der Waals surface area contributed by atoms with Gasteiger partial charge in [0.15, 0.2) is 0 Å². The molecule has 0 aromatic rings. The maximum atomic E-state index is 10.5. The van der Waals surface area contributed by atoms with E-state index in [2.05, 4.69) is 13.8 Å². The molecular formula is C24H51NO6. The highest BCUT2D eigenvalue weighted by atomic mass is 16.5. The largest absolute Gasteiger partial charge is 0.479 e. The van der Waals surface area contributed by atoms with Crippen LogP contribution in [0.4, 0.5) is 0 Å². The molecule has 0 amide bonds. The molecule has 2 unspecified atom stereocenters. The topological polar surface area (TPSA) is 133 Å². The summed E-state index contributed by atoms with van der Waals surface area (Å²) in [6, 6.07) is 0. The summed E-state index contributed by atoms with van der Waals surface area (Å²) in [6.07, 6.45) is 14.2. The van der Waals surface area contributed by atoms with E-state index in [4.69, 9.17) is 20.7 Å². The van der Waals surface area contributed by atoms with Gasteiger partial charge in [-0.05, 0) is 19.8 Å². The zero-order chi connectivity index (χ0) is 24.0. The first-order valence-electron chi connectivity index (χ1n) is 12.3. The van der Waals surface area contributed by atoms with Crippen molar-refractivity contribution in [1.29, 1.82) is 0 Å². The Morgan fingerprint density at radius 1 is 0.871 bits per heavy atom. The fraction of sp³-hybridized carbons (Fsp3) is 0.958. The van der Waals surface area contributed by atoms with Gasteiger partial charge >= 0.3 is 5.97 Å². The van der Waals surface area contributed by atoms with Gasteiger partial charge in [-0.2, -0.15) is 0 Å². The van der Waals surface area contributed by atoms with Crippen molar-refractivity contribution in [1.82, 2.24) is 0 Å². The number of ether oxygens (including phenoxy) is 1. The monoisotopic (exact) mass is 449 g/mol. The number of carbonyl (C=O) groups is 1. The molecule has 0 saturated carbocycles. The molecule has 0 heterocycles. The molecule has 7 nitrogen and oxygen atoms in total. The van der Waals surface area contributed by atoms with Crippen molar-refractivity contribution in [3.8, 4) is 0 Å². The minimum Gasteiger partial charge on any atom is -0.479 e. The van der Waals surface area contributed by atoms with Crippen molar-refractivity contribution in [3.05, 3.63) is 0 Å². The second-order valence-electron chi connectivity index (χ2n) is 8.45. The Labute approximate surface area is 190 Å². The van der Waals surface area contributed by atoms with Crippen LogP contribution < -0.4 is 5.73 Å². The van der Waals surface area contributed by atoms with Crippen molar-refractivity contribution < 1.29 is 30.0 Å². The Balaban J connectivity index is 0. The highest BCUT2D eigenvalue weighted by Crippen LogP contribution is 2.31. The number of unbranched alkanes of at least 4 members (excludes halogenated alkanes) is 10. The average molecular weight is 450 g/mol. The van der Waals surface area contributed by atoms with Gasteiger partial charge in [-0.1, -0.05) is 90.9 Å². The van der Waals surface area contributed by atoms with E-state index in [1.807, 2.05) is 0 Å². The first kappa shape index (κ1) is 32.4. The van der Waals surface area contributed by atoms with Gasteiger partial charge in [0.1, 0.15) is 12.2 Å². The van der Waals surface area contributed by atoms with E-state index < -0.39 is 23.8 Å². The van der Waals surface area contributed by atoms with Gasteiger partial charge in [-0.25, -0.2) is 4.79 Å². The third kappa shape index (κ3) is 18.5. The van der Waals surface area contributed by atoms with Gasteiger partial charge in [-0.15, -0.1) is 0 Å². The second-order valence-corrected chi connectivity index (χ2v) is 8.45. The van der Waals surface area contributed by atoms with E-state index in [1.54, 1.807) is 0 Å². The van der Waals surface area contributed by atoms with Gasteiger partial charge in [0.25, 0.3) is 0 Å². The van der Waals surface area contributed by atoms with Crippen LogP contribution in [0.5, 0.6) is 0 Å². The van der Waals surface area contributed by atoms with Crippen LogP contribution in [-0.4, -0.2) is 64.0 Å². The van der Waals surface area contributed by atoms with Crippen molar-refractivity contribution in [2.24, 2.45) is 5.73 Å². The van der Waals surface area contributed by atoms with E-state index >= 15 is 0 Å². The van der Waals surface area contributed by atoms with Crippen LogP contribution in [0.2, 0.25) is 0 Å². The molecule has 0 aliphatic rings. The standard InChI is InChI=1S/C21H45NO3.C3H6O3/c1-3-5-7-9-11-13-15-21(20(24)19-23,25-18-17-22)16-14-12-10-8-6-4-2;1-2(4)3(5)6/h20,23-24H,3-19,22H2,1-2H3;2,4H,1H3,(H,5,6). The molecule has 0 aromatic heterocycles. The number of aliphatic carboxylic acids is 1. The molecule has 0 saturated heterocycles. The smallest absolute Gasteiger partial charge is 0.332 e. The lowest BCUT2D eigenvalue weighted by Gasteiger charge is -2.38. The second kappa shape index (κ2) is 22.5. The summed E-state index contributed by atoms with van der Waals surface area (Å²) in [5.41, 5.74) is 5.01. The highest BCUT2D eigenvalue weighted by molar-refractivity contribution is 5.71. The van der Waals surface area contributed by atoms with Crippen molar-refractivity contribution in [2.75, 3.05) is 19.8 Å². The summed E-state index contributed by atoms with van der Waals surface area (Å²) in [5.74, 6) is -1.19. The number of hydrogen-bond acceptors (Lipinski definition) is 6. The summed E-state index contributed by atoms with van der Waals surface area (Å²) in [6.45, 7) is 6.31. The molecule has 0 aliphatic heterocycles. The van der Waals surface area contributed by atoms with Crippen LogP contribution in [0.25, 0.3) is 0 Å². The number of aliphatic hydroxyl groups is 3. The fourth-order valence-corrected chi connectivity index (χ4v) is 3.54. The molecule has 6 N–H and O–H groups in total. The maximum absolute atomic E-state index is 10.5. The lowest BCUT2D eigenvalue weighted by molar-refractivity contribution is -0.145. The molecule has 188 valence electrons. The zero-order valence-corrected chi connectivity index (χ0v) is 20.4. The predicted octanol–water partition coefficient (Wildman–Crippen LogP) is 4.01. The number of carboxylic acids is 1. The van der Waals surface area contributed by atoms with Gasteiger partial charge in [-0.3, -0.25) is 0 Å². The molecule has 0 aliphatic carbocycles. The Hall–Kier alpha value is -0.730. The SMILES string of the molecule is CC(O)C(=O)O.CCCCCCCCC(CCCCCCCC)(OCCN)C(O)CO. The molecule has 2 atom stereocenters. The molecule has 0 aromatic carbocycles. The first-order valence-corrected chi connectivity index (χ1v) is 12.3. The minimum atomic E-state index is -1.23. The molecule has 0 rings (SSSR count). The van der Waals surface area contributed by atoms with Crippen LogP contribution in [-0.2, 0) is 9.53 Å². The molecule has 31 heavy (non-hydrogen) atoms. The predicted molar refractivity (Wildman–Crippen MR) is 126 cm³/mol. The van der Waals surface area contributed by atoms with Gasteiger partial charge in [0.05, 0.1) is 18.8 Å². The summed E-state index contributed by atoms with van der Waals surface area (Å²) >= 11 is 0. The minimum absolute atomic E-state index is 0.240. The third-order valence-electron chi connectivity index (χ3n) is 5.55. The summed E-state index contributed by atoms with van der Waals surface area (Å²) in [5, 5.41) is 35.8. The van der Waals surface area contributed by atoms with Crippen LogP contribution in [0.1, 0.15) is 111 Å². The Bertz CT molecular complexity index is 376. The van der Waals surface area contributed by atoms with Crippen molar-refractivity contribution in [2.45, 2.75) is 128 Å². The fourth-order valence-electron chi connectivity index (χ4n) is 3.54. The Morgan fingerprint density at radius 2 is 1.26 bits per heavy atom. The molecule has 0 radical (unpaired) electrons. The van der Waals surface area contributed by atoms with E-state index in [0.717, 1.165) is 25.7 Å². The summed E-state index contributed by atoms with van der Waals surface area (Å²) in [7, 11) is 0. The maximum Gasteiger partial charge on any atom is 0.332 e. The Morgan fingerprint density at radius 3 is 1.58 bits per heavy atom. The molecule has 0 spiro atoms. The average Bonchev–Trinajstić information content (AvgIpc) is 2.76. The molecule has 0 bridgehead atoms. The third-order valence-corrected chi connectivity index (χ3v) is 5.55. The number of nitrogens with two attached hydrogens (primary N) is 1. The molecular weight excluding hydrogens is 398 g/mol. The molecule has 7 heteroatoms. The normalized spacial score (nSPS) is 13.4. The van der Waals surface area contributed by atoms with E-state index in [-0.39, 0.29) is 6.61 Å². The van der Waals surface area contributed by atoms with Crippen LogP contribution >= 0.6 is 0 Å². The van der Waals surface area contributed by atoms with Crippen LogP contribution in [0.3, 0.4) is 0 Å². The van der Waals surface area contributed by atoms with E-state index in [1.165, 1.54) is 71.1 Å². The van der Waals surface area contributed by atoms with Gasteiger partial charge in [0, 0.05) is 6.54 Å². The summed E-state index contributed by atoms with van der Waals surface area (Å²) in [4.78, 5) is 9.45. The number of rotatable bonds is 20. The number of carboxylic acid groups (broad SMARTS) is 1. The number of hydrogen-bond donors (Lipinski definition) is 5. The van der Waals surface area contributed by atoms with Crippen LogP contribution in [0.15, 0.2) is 0 Å². The van der Waals surface area contributed by atoms with E-state index in [9.17, 15) is 15.0 Å². The lowest BCUT2D eigenvalue weighted by atomic mass is 9.84. The van der Waals surface area contributed by atoms with Crippen molar-refractivity contribution in [3.63, 3.8) is 0 Å². The van der Waals surface area contributed by atoms with E-state index in [0.29, 0.717) is 13.2 Å². The lowest BCUT2D eigenvalue weighted by Crippen LogP contribution is -2.48. The first-order chi connectivity index (χ1) is 14.8. The molecule has 0 fully saturated rings. The summed E-state index contributed by atoms with van der Waals surface area (Å²) < 4.78 is 6.05. The number of aliphatic hydroxyl groups excluding tert-OH is 3.